The van der Waals surface area contributed by atoms with E-state index >= 15 is 0 Å². The minimum Gasteiger partial charge on any atom is -0.410 e. The number of ether oxygens (including phenoxy) is 1. The van der Waals surface area contributed by atoms with Gasteiger partial charge in [0.05, 0.1) is 0 Å². The molecule has 4 nitrogen and oxygen atoms in total. The van der Waals surface area contributed by atoms with Crippen molar-refractivity contribution >= 4 is 11.8 Å². The molecule has 0 fully saturated rings. The highest BCUT2D eigenvalue weighted by Gasteiger charge is 2.04. The Balaban J connectivity index is 1.91. The van der Waals surface area contributed by atoms with Gasteiger partial charge in [-0.2, -0.15) is 0 Å². The van der Waals surface area contributed by atoms with Gasteiger partial charge in [-0.3, -0.25) is 5.32 Å². The average Bonchev–Trinajstić information content (AvgIpc) is 2.42. The molecule has 0 spiro atoms. The molecule has 0 aliphatic carbocycles. The number of nitrogens with one attached hydrogen (secondary N) is 1. The van der Waals surface area contributed by atoms with Crippen LogP contribution < -0.4 is 15.8 Å². The Bertz CT molecular complexity index is 524. The first-order valence-corrected chi connectivity index (χ1v) is 6.11. The number of nitrogens with two attached hydrogens (primary N) is 1. The predicted octanol–water partition coefficient (Wildman–Crippen LogP) is 2.80. The number of anilines is 1. The van der Waals surface area contributed by atoms with Gasteiger partial charge in [-0.05, 0) is 42.8 Å². The molecule has 0 atom stereocenters. The summed E-state index contributed by atoms with van der Waals surface area (Å²) in [5, 5.41) is 2.65. The molecule has 98 valence electrons. The molecule has 0 aliphatic heterocycles. The normalized spacial score (nSPS) is 9.95. The lowest BCUT2D eigenvalue weighted by Gasteiger charge is -2.07. The summed E-state index contributed by atoms with van der Waals surface area (Å²) in [5.74, 6) is 0.509. The zero-order valence-corrected chi connectivity index (χ0v) is 10.5. The fourth-order valence-electron chi connectivity index (χ4n) is 1.66. The van der Waals surface area contributed by atoms with Crippen LogP contribution in [-0.4, -0.2) is 12.6 Å². The number of rotatable bonds is 4. The molecular weight excluding hydrogens is 240 g/mol. The second-order valence-electron chi connectivity index (χ2n) is 4.06. The summed E-state index contributed by atoms with van der Waals surface area (Å²) in [7, 11) is 0. The Morgan fingerprint density at radius 1 is 1.05 bits per heavy atom. The molecule has 0 aliphatic rings. The van der Waals surface area contributed by atoms with Crippen molar-refractivity contribution in [3.63, 3.8) is 0 Å². The third-order valence-electron chi connectivity index (χ3n) is 2.59. The number of carbonyl (C=O) groups is 1. The van der Waals surface area contributed by atoms with Crippen LogP contribution >= 0.6 is 0 Å². The Hall–Kier alpha value is -2.33. The van der Waals surface area contributed by atoms with E-state index in [1.54, 1.807) is 24.3 Å². The first-order chi connectivity index (χ1) is 9.28. The van der Waals surface area contributed by atoms with Gasteiger partial charge >= 0.3 is 6.09 Å². The lowest BCUT2D eigenvalue weighted by Crippen LogP contribution is -2.16. The standard InChI is InChI=1S/C15H16N2O2/c16-11-10-12-6-8-14(9-7-12)19-15(18)17-13-4-2-1-3-5-13/h1-9H,10-11,16H2,(H,17,18). The Morgan fingerprint density at radius 3 is 2.37 bits per heavy atom. The van der Waals surface area contributed by atoms with Crippen LogP contribution in [-0.2, 0) is 6.42 Å². The van der Waals surface area contributed by atoms with Crippen LogP contribution in [0.4, 0.5) is 10.5 Å². The molecular formula is C15H16N2O2. The topological polar surface area (TPSA) is 64.3 Å². The zero-order valence-electron chi connectivity index (χ0n) is 10.5. The monoisotopic (exact) mass is 256 g/mol. The van der Waals surface area contributed by atoms with Crippen LogP contribution in [0, 0.1) is 0 Å². The second-order valence-corrected chi connectivity index (χ2v) is 4.06. The van der Waals surface area contributed by atoms with Crippen molar-refractivity contribution in [1.29, 1.82) is 0 Å². The van der Waals surface area contributed by atoms with E-state index in [-0.39, 0.29) is 0 Å². The molecule has 19 heavy (non-hydrogen) atoms. The van der Waals surface area contributed by atoms with E-state index in [2.05, 4.69) is 5.32 Å². The summed E-state index contributed by atoms with van der Waals surface area (Å²) in [6.07, 6.45) is 0.314. The van der Waals surface area contributed by atoms with Crippen LogP contribution in [0.5, 0.6) is 5.75 Å². The molecule has 2 aromatic rings. The van der Waals surface area contributed by atoms with Crippen molar-refractivity contribution < 1.29 is 9.53 Å². The van der Waals surface area contributed by atoms with Gasteiger partial charge in [0.25, 0.3) is 0 Å². The maximum Gasteiger partial charge on any atom is 0.417 e. The molecule has 0 bridgehead atoms. The molecule has 1 amide bonds. The number of amides is 1. The van der Waals surface area contributed by atoms with E-state index in [4.69, 9.17) is 10.5 Å². The SMILES string of the molecule is NCCc1ccc(OC(=O)Nc2ccccc2)cc1. The molecule has 4 heteroatoms. The number of para-hydroxylation sites is 1. The van der Waals surface area contributed by atoms with Crippen molar-refractivity contribution in [2.75, 3.05) is 11.9 Å². The van der Waals surface area contributed by atoms with Gasteiger partial charge in [-0.25, -0.2) is 4.79 Å². The Morgan fingerprint density at radius 2 is 1.74 bits per heavy atom. The third-order valence-corrected chi connectivity index (χ3v) is 2.59. The zero-order chi connectivity index (χ0) is 13.5. The van der Waals surface area contributed by atoms with E-state index in [1.165, 1.54) is 0 Å². The highest BCUT2D eigenvalue weighted by molar-refractivity contribution is 5.86. The summed E-state index contributed by atoms with van der Waals surface area (Å²) >= 11 is 0. The summed E-state index contributed by atoms with van der Waals surface area (Å²) in [5.41, 5.74) is 7.29. The molecule has 3 N–H and O–H groups in total. The first kappa shape index (κ1) is 13.1. The van der Waals surface area contributed by atoms with Crippen LogP contribution in [0.1, 0.15) is 5.56 Å². The summed E-state index contributed by atoms with van der Waals surface area (Å²) in [4.78, 5) is 11.6. The van der Waals surface area contributed by atoms with E-state index in [0.29, 0.717) is 18.0 Å². The smallest absolute Gasteiger partial charge is 0.410 e. The number of hydrogen-bond donors (Lipinski definition) is 2. The molecule has 2 aromatic carbocycles. The van der Waals surface area contributed by atoms with Crippen molar-refractivity contribution in [3.05, 3.63) is 60.2 Å². The predicted molar refractivity (Wildman–Crippen MR) is 75.3 cm³/mol. The Kier molecular flexibility index (Phi) is 4.53. The van der Waals surface area contributed by atoms with Crippen molar-refractivity contribution in [2.45, 2.75) is 6.42 Å². The van der Waals surface area contributed by atoms with Crippen molar-refractivity contribution in [1.82, 2.24) is 0 Å². The van der Waals surface area contributed by atoms with Crippen LogP contribution in [0.2, 0.25) is 0 Å². The minimum absolute atomic E-state index is 0.502. The summed E-state index contributed by atoms with van der Waals surface area (Å²) < 4.78 is 5.17. The average molecular weight is 256 g/mol. The van der Waals surface area contributed by atoms with Crippen LogP contribution in [0.15, 0.2) is 54.6 Å². The van der Waals surface area contributed by atoms with Gasteiger partial charge in [0.2, 0.25) is 0 Å². The van der Waals surface area contributed by atoms with E-state index < -0.39 is 6.09 Å². The fraction of sp³-hybridized carbons (Fsp3) is 0.133. The van der Waals surface area contributed by atoms with Crippen molar-refractivity contribution in [3.8, 4) is 5.75 Å². The molecule has 0 saturated heterocycles. The van der Waals surface area contributed by atoms with Gasteiger partial charge < -0.3 is 10.5 Å². The summed E-state index contributed by atoms with van der Waals surface area (Å²) in [6.45, 7) is 0.606. The molecule has 0 unspecified atom stereocenters. The van der Waals surface area contributed by atoms with E-state index in [0.717, 1.165) is 12.0 Å². The molecule has 0 saturated carbocycles. The molecule has 0 radical (unpaired) electrons. The molecule has 0 aromatic heterocycles. The fourth-order valence-corrected chi connectivity index (χ4v) is 1.66. The highest BCUT2D eigenvalue weighted by Crippen LogP contribution is 2.14. The Labute approximate surface area is 112 Å². The van der Waals surface area contributed by atoms with Gasteiger partial charge in [0, 0.05) is 5.69 Å². The quantitative estimate of drug-likeness (QED) is 0.884. The lowest BCUT2D eigenvalue weighted by molar-refractivity contribution is 0.215. The summed E-state index contributed by atoms with van der Waals surface area (Å²) in [6, 6.07) is 16.5. The third kappa shape index (κ3) is 4.12. The van der Waals surface area contributed by atoms with E-state index in [1.807, 2.05) is 30.3 Å². The van der Waals surface area contributed by atoms with Gasteiger partial charge in [-0.15, -0.1) is 0 Å². The van der Waals surface area contributed by atoms with Gasteiger partial charge in [0.15, 0.2) is 0 Å². The largest absolute Gasteiger partial charge is 0.417 e. The molecule has 0 heterocycles. The van der Waals surface area contributed by atoms with Crippen LogP contribution in [0.25, 0.3) is 0 Å². The van der Waals surface area contributed by atoms with Gasteiger partial charge in [0.1, 0.15) is 5.75 Å². The van der Waals surface area contributed by atoms with Crippen LogP contribution in [0.3, 0.4) is 0 Å². The number of hydrogen-bond acceptors (Lipinski definition) is 3. The highest BCUT2D eigenvalue weighted by atomic mass is 16.6. The lowest BCUT2D eigenvalue weighted by atomic mass is 10.1. The number of benzene rings is 2. The van der Waals surface area contributed by atoms with E-state index in [9.17, 15) is 4.79 Å². The first-order valence-electron chi connectivity index (χ1n) is 6.11. The van der Waals surface area contributed by atoms with Crippen molar-refractivity contribution in [2.24, 2.45) is 5.73 Å². The second kappa shape index (κ2) is 6.56. The maximum atomic E-state index is 11.6. The maximum absolute atomic E-state index is 11.6. The molecule has 2 rings (SSSR count). The number of carbonyl (C=O) groups excluding carboxylic acids is 1. The minimum atomic E-state index is -0.502. The van der Waals surface area contributed by atoms with Gasteiger partial charge in [-0.1, -0.05) is 30.3 Å².